The van der Waals surface area contributed by atoms with Crippen LogP contribution in [-0.2, 0) is 20.0 Å². The largest absolute Gasteiger partial charge is 0.378 e. The number of imidazole rings is 1. The summed E-state index contributed by atoms with van der Waals surface area (Å²) < 4.78 is 2.16. The average Bonchev–Trinajstić information content (AvgIpc) is 2.84. The van der Waals surface area contributed by atoms with E-state index in [0.29, 0.717) is 0 Å². The van der Waals surface area contributed by atoms with Crippen LogP contribution in [0, 0.1) is 0 Å². The van der Waals surface area contributed by atoms with Crippen molar-refractivity contribution in [2.75, 3.05) is 5.32 Å². The fourth-order valence-corrected chi connectivity index (χ4v) is 2.71. The number of fused-ring (bicyclic) bond motifs is 1. The maximum atomic E-state index is 4.70. The van der Waals surface area contributed by atoms with Gasteiger partial charge in [-0.25, -0.2) is 4.98 Å². The lowest BCUT2D eigenvalue weighted by Crippen LogP contribution is -2.07. The first-order valence-corrected chi connectivity index (χ1v) is 7.51. The number of rotatable bonds is 5. The van der Waals surface area contributed by atoms with E-state index in [-0.39, 0.29) is 0 Å². The minimum atomic E-state index is 0.742. The van der Waals surface area contributed by atoms with E-state index >= 15 is 0 Å². The van der Waals surface area contributed by atoms with Gasteiger partial charge in [0.15, 0.2) is 0 Å². The third kappa shape index (κ3) is 2.77. The Bertz CT molecular complexity index is 743. The van der Waals surface area contributed by atoms with Crippen molar-refractivity contribution in [2.24, 2.45) is 7.05 Å². The van der Waals surface area contributed by atoms with Crippen LogP contribution in [0.25, 0.3) is 11.0 Å². The zero-order chi connectivity index (χ0) is 14.7. The van der Waals surface area contributed by atoms with Crippen LogP contribution >= 0.6 is 0 Å². The molecule has 0 aliphatic carbocycles. The van der Waals surface area contributed by atoms with Gasteiger partial charge in [-0.3, -0.25) is 0 Å². The van der Waals surface area contributed by atoms with E-state index < -0.39 is 0 Å². The first kappa shape index (κ1) is 13.7. The Balaban J connectivity index is 1.82. The minimum Gasteiger partial charge on any atom is -0.378 e. The molecular formula is C18H21N3. The van der Waals surface area contributed by atoms with E-state index in [1.54, 1.807) is 0 Å². The van der Waals surface area contributed by atoms with Crippen LogP contribution in [0.15, 0.2) is 48.5 Å². The molecule has 0 radical (unpaired) electrons. The topological polar surface area (TPSA) is 29.9 Å². The van der Waals surface area contributed by atoms with Crippen molar-refractivity contribution in [1.82, 2.24) is 9.55 Å². The lowest BCUT2D eigenvalue weighted by atomic mass is 10.1. The number of hydrogen-bond donors (Lipinski definition) is 1. The fraction of sp³-hybridized carbons (Fsp3) is 0.278. The molecule has 0 fully saturated rings. The van der Waals surface area contributed by atoms with Crippen molar-refractivity contribution < 1.29 is 0 Å². The number of hydrogen-bond acceptors (Lipinski definition) is 2. The fourth-order valence-electron chi connectivity index (χ4n) is 2.71. The van der Waals surface area contributed by atoms with Crippen LogP contribution in [0.3, 0.4) is 0 Å². The molecule has 0 atom stereocenters. The standard InChI is InChI=1S/C18H21N3/c1-3-8-14-9-4-5-10-15(14)19-13-18-20-16-11-6-7-12-17(16)21(18)2/h4-7,9-12,19H,3,8,13H2,1-2H3. The molecule has 108 valence electrons. The molecule has 2 aromatic carbocycles. The second-order valence-electron chi connectivity index (χ2n) is 5.34. The van der Waals surface area contributed by atoms with Crippen LogP contribution in [0.2, 0.25) is 0 Å². The summed E-state index contributed by atoms with van der Waals surface area (Å²) in [5, 5.41) is 3.53. The Morgan fingerprint density at radius 3 is 2.62 bits per heavy atom. The van der Waals surface area contributed by atoms with Crippen LogP contribution in [0.1, 0.15) is 24.7 Å². The summed E-state index contributed by atoms with van der Waals surface area (Å²) in [5.41, 5.74) is 4.82. The van der Waals surface area contributed by atoms with Gasteiger partial charge in [0.05, 0.1) is 17.6 Å². The maximum absolute atomic E-state index is 4.70. The van der Waals surface area contributed by atoms with Crippen LogP contribution in [0.4, 0.5) is 5.69 Å². The second-order valence-corrected chi connectivity index (χ2v) is 5.34. The third-order valence-corrected chi connectivity index (χ3v) is 3.85. The molecule has 1 aromatic heterocycles. The summed E-state index contributed by atoms with van der Waals surface area (Å²) in [6.07, 6.45) is 2.26. The van der Waals surface area contributed by atoms with Gasteiger partial charge >= 0.3 is 0 Å². The molecule has 21 heavy (non-hydrogen) atoms. The SMILES string of the molecule is CCCc1ccccc1NCc1nc2ccccc2n1C. The summed E-state index contributed by atoms with van der Waals surface area (Å²) in [6.45, 7) is 2.95. The van der Waals surface area contributed by atoms with E-state index in [1.165, 1.54) is 16.8 Å². The highest BCUT2D eigenvalue weighted by atomic mass is 15.1. The highest BCUT2D eigenvalue weighted by Gasteiger charge is 2.07. The molecule has 3 rings (SSSR count). The van der Waals surface area contributed by atoms with E-state index in [9.17, 15) is 0 Å². The van der Waals surface area contributed by atoms with Crippen LogP contribution in [-0.4, -0.2) is 9.55 Å². The normalized spacial score (nSPS) is 11.0. The molecule has 0 aliphatic heterocycles. The maximum Gasteiger partial charge on any atom is 0.128 e. The van der Waals surface area contributed by atoms with Gasteiger partial charge in [-0.2, -0.15) is 0 Å². The van der Waals surface area contributed by atoms with E-state index in [2.05, 4.69) is 66.3 Å². The van der Waals surface area contributed by atoms with Crippen molar-refractivity contribution in [2.45, 2.75) is 26.3 Å². The first-order chi connectivity index (χ1) is 10.3. The van der Waals surface area contributed by atoms with Gasteiger partial charge in [0.25, 0.3) is 0 Å². The summed E-state index contributed by atoms with van der Waals surface area (Å²) >= 11 is 0. The van der Waals surface area contributed by atoms with Gasteiger partial charge in [-0.05, 0) is 30.2 Å². The molecule has 0 saturated carbocycles. The molecular weight excluding hydrogens is 258 g/mol. The Morgan fingerprint density at radius 2 is 1.81 bits per heavy atom. The lowest BCUT2D eigenvalue weighted by Gasteiger charge is -2.11. The number of aromatic nitrogens is 2. The predicted octanol–water partition coefficient (Wildman–Crippen LogP) is 4.14. The molecule has 0 aliphatic rings. The first-order valence-electron chi connectivity index (χ1n) is 7.51. The molecule has 0 saturated heterocycles. The molecule has 3 heteroatoms. The Hall–Kier alpha value is -2.29. The van der Waals surface area contributed by atoms with Crippen molar-refractivity contribution >= 4 is 16.7 Å². The highest BCUT2D eigenvalue weighted by molar-refractivity contribution is 5.75. The number of benzene rings is 2. The molecule has 1 heterocycles. The van der Waals surface area contributed by atoms with Crippen molar-refractivity contribution in [3.63, 3.8) is 0 Å². The highest BCUT2D eigenvalue weighted by Crippen LogP contribution is 2.19. The van der Waals surface area contributed by atoms with Crippen LogP contribution in [0.5, 0.6) is 0 Å². The van der Waals surface area contributed by atoms with Gasteiger partial charge in [0, 0.05) is 12.7 Å². The van der Waals surface area contributed by atoms with Gasteiger partial charge in [-0.1, -0.05) is 43.7 Å². The second kappa shape index (κ2) is 6.00. The van der Waals surface area contributed by atoms with Crippen molar-refractivity contribution in [3.8, 4) is 0 Å². The molecule has 1 N–H and O–H groups in total. The molecule has 0 unspecified atom stereocenters. The van der Waals surface area contributed by atoms with Crippen molar-refractivity contribution in [1.29, 1.82) is 0 Å². The molecule has 0 spiro atoms. The van der Waals surface area contributed by atoms with E-state index in [4.69, 9.17) is 4.98 Å². The van der Waals surface area contributed by atoms with Crippen LogP contribution < -0.4 is 5.32 Å². The molecule has 0 bridgehead atoms. The number of nitrogens with zero attached hydrogens (tertiary/aromatic N) is 2. The quantitative estimate of drug-likeness (QED) is 0.760. The van der Waals surface area contributed by atoms with Gasteiger partial charge in [0.2, 0.25) is 0 Å². The van der Waals surface area contributed by atoms with Gasteiger partial charge < -0.3 is 9.88 Å². The monoisotopic (exact) mass is 279 g/mol. The Kier molecular flexibility index (Phi) is 3.91. The summed E-state index contributed by atoms with van der Waals surface area (Å²) in [5.74, 6) is 1.06. The molecule has 0 amide bonds. The van der Waals surface area contributed by atoms with Gasteiger partial charge in [-0.15, -0.1) is 0 Å². The third-order valence-electron chi connectivity index (χ3n) is 3.85. The minimum absolute atomic E-state index is 0.742. The number of anilines is 1. The average molecular weight is 279 g/mol. The number of nitrogens with one attached hydrogen (secondary N) is 1. The predicted molar refractivity (Wildman–Crippen MR) is 88.5 cm³/mol. The Morgan fingerprint density at radius 1 is 1.05 bits per heavy atom. The van der Waals surface area contributed by atoms with E-state index in [1.807, 2.05) is 6.07 Å². The smallest absolute Gasteiger partial charge is 0.128 e. The lowest BCUT2D eigenvalue weighted by molar-refractivity contribution is 0.832. The molecule has 3 aromatic rings. The zero-order valence-electron chi connectivity index (χ0n) is 12.6. The number of aryl methyl sites for hydroxylation is 2. The Labute approximate surface area is 125 Å². The summed E-state index contributed by atoms with van der Waals surface area (Å²) in [4.78, 5) is 4.70. The molecule has 3 nitrogen and oxygen atoms in total. The summed E-state index contributed by atoms with van der Waals surface area (Å²) in [6, 6.07) is 16.8. The van der Waals surface area contributed by atoms with E-state index in [0.717, 1.165) is 30.7 Å². The zero-order valence-corrected chi connectivity index (χ0v) is 12.6. The summed E-state index contributed by atoms with van der Waals surface area (Å²) in [7, 11) is 2.07. The van der Waals surface area contributed by atoms with Crippen molar-refractivity contribution in [3.05, 3.63) is 59.9 Å². The number of para-hydroxylation sites is 3. The van der Waals surface area contributed by atoms with Gasteiger partial charge in [0.1, 0.15) is 5.82 Å².